The summed E-state index contributed by atoms with van der Waals surface area (Å²) in [6.07, 6.45) is 0. The van der Waals surface area contributed by atoms with E-state index in [9.17, 15) is 0 Å². The van der Waals surface area contributed by atoms with Gasteiger partial charge in [0.15, 0.2) is 11.5 Å². The highest BCUT2D eigenvalue weighted by Crippen LogP contribution is 2.49. The van der Waals surface area contributed by atoms with Gasteiger partial charge in [0.1, 0.15) is 11.3 Å². The van der Waals surface area contributed by atoms with Crippen LogP contribution >= 0.6 is 0 Å². The number of imidazole rings is 1. The van der Waals surface area contributed by atoms with Crippen LogP contribution < -0.4 is 4.74 Å². The van der Waals surface area contributed by atoms with Gasteiger partial charge in [0.25, 0.3) is 0 Å². The molecule has 0 fully saturated rings. The van der Waals surface area contributed by atoms with Crippen molar-refractivity contribution in [2.45, 2.75) is 0 Å². The Bertz CT molecular complexity index is 3380. The zero-order chi connectivity index (χ0) is 36.7. The van der Waals surface area contributed by atoms with Crippen LogP contribution in [-0.2, 0) is 0 Å². The lowest BCUT2D eigenvalue weighted by atomic mass is 9.83. The highest BCUT2D eigenvalue weighted by Gasteiger charge is 2.26. The van der Waals surface area contributed by atoms with Gasteiger partial charge in [-0.1, -0.05) is 164 Å². The molecule has 0 N–H and O–H groups in total. The molecule has 1 aliphatic rings. The fraction of sp³-hybridized carbons (Fsp3) is 0. The van der Waals surface area contributed by atoms with Crippen molar-refractivity contribution in [1.82, 2.24) is 9.55 Å². The third-order valence-electron chi connectivity index (χ3n) is 11.6. The van der Waals surface area contributed by atoms with Gasteiger partial charge in [0.2, 0.25) is 0 Å². The van der Waals surface area contributed by atoms with E-state index < -0.39 is 0 Å². The van der Waals surface area contributed by atoms with E-state index in [4.69, 9.17) is 9.72 Å². The molecule has 1 aliphatic heterocycles. The van der Waals surface area contributed by atoms with Crippen molar-refractivity contribution in [3.05, 3.63) is 194 Å². The van der Waals surface area contributed by atoms with Crippen molar-refractivity contribution < 1.29 is 4.74 Å². The van der Waals surface area contributed by atoms with Gasteiger partial charge in [0.05, 0.1) is 11.2 Å². The number of rotatable bonds is 4. The van der Waals surface area contributed by atoms with Crippen LogP contribution in [0.4, 0.5) is 0 Å². The maximum absolute atomic E-state index is 6.70. The average Bonchev–Trinajstić information content (AvgIpc) is 3.66. The Morgan fingerprint density at radius 3 is 1.64 bits per heavy atom. The number of benzene rings is 10. The average molecular weight is 713 g/mol. The van der Waals surface area contributed by atoms with Gasteiger partial charge in [-0.15, -0.1) is 0 Å². The summed E-state index contributed by atoms with van der Waals surface area (Å²) in [4.78, 5) is 5.09. The number of hydrogen-bond acceptors (Lipinski definition) is 2. The first kappa shape index (κ1) is 30.9. The van der Waals surface area contributed by atoms with Crippen LogP contribution in [0.25, 0.3) is 105 Å². The molecule has 3 nitrogen and oxygen atoms in total. The second kappa shape index (κ2) is 12.0. The molecular weight excluding hydrogens is 681 g/mol. The number of ether oxygens (including phenoxy) is 1. The zero-order valence-corrected chi connectivity index (χ0v) is 30.3. The maximum Gasteiger partial charge on any atom is 0.153 e. The zero-order valence-electron chi connectivity index (χ0n) is 30.3. The van der Waals surface area contributed by atoms with Gasteiger partial charge in [-0.2, -0.15) is 0 Å². The highest BCUT2D eigenvalue weighted by molar-refractivity contribution is 6.25. The van der Waals surface area contributed by atoms with Crippen molar-refractivity contribution in [1.29, 1.82) is 0 Å². The Morgan fingerprint density at radius 1 is 0.375 bits per heavy atom. The third kappa shape index (κ3) is 4.55. The summed E-state index contributed by atoms with van der Waals surface area (Å²) in [6.45, 7) is 0. The van der Waals surface area contributed by atoms with Gasteiger partial charge < -0.3 is 4.74 Å². The summed E-state index contributed by atoms with van der Waals surface area (Å²) in [6, 6.07) is 69.9. The summed E-state index contributed by atoms with van der Waals surface area (Å²) in [7, 11) is 0. The van der Waals surface area contributed by atoms with Crippen LogP contribution in [0.2, 0.25) is 0 Å². The number of fused-ring (bicyclic) bond motifs is 6. The molecule has 0 bridgehead atoms. The van der Waals surface area contributed by atoms with Gasteiger partial charge in [-0.25, -0.2) is 4.98 Å². The molecule has 0 amide bonds. The Labute approximate surface area is 323 Å². The van der Waals surface area contributed by atoms with Gasteiger partial charge in [0, 0.05) is 5.56 Å². The minimum atomic E-state index is 0.807. The monoisotopic (exact) mass is 712 g/mol. The van der Waals surface area contributed by atoms with Crippen molar-refractivity contribution in [3.63, 3.8) is 0 Å². The molecule has 0 spiro atoms. The normalized spacial score (nSPS) is 12.1. The molecule has 0 atom stereocenters. The summed E-state index contributed by atoms with van der Waals surface area (Å²) in [5, 5.41) is 9.87. The molecule has 12 rings (SSSR count). The molecule has 3 heteroatoms. The van der Waals surface area contributed by atoms with E-state index in [1.54, 1.807) is 0 Å². The van der Waals surface area contributed by atoms with E-state index >= 15 is 0 Å². The largest absolute Gasteiger partial charge is 0.453 e. The van der Waals surface area contributed by atoms with Crippen molar-refractivity contribution in [2.75, 3.05) is 0 Å². The molecule has 2 heterocycles. The first-order valence-electron chi connectivity index (χ1n) is 19.1. The molecule has 10 aromatic carbocycles. The first-order chi connectivity index (χ1) is 27.8. The lowest BCUT2D eigenvalue weighted by Gasteiger charge is -2.22. The van der Waals surface area contributed by atoms with Crippen LogP contribution in [-0.4, -0.2) is 9.55 Å². The van der Waals surface area contributed by atoms with E-state index in [0.717, 1.165) is 50.7 Å². The van der Waals surface area contributed by atoms with E-state index in [2.05, 4.69) is 180 Å². The summed E-state index contributed by atoms with van der Waals surface area (Å²) in [5.74, 6) is 2.52. The standard InChI is InChI=1S/C53H32N2O/c1-2-15-35(16-3-1)53-54-46-25-12-26-48-52(46)55(53)47-30-28-37(32-49(47)56-48)36-27-29-44-45(31-36)51(41-24-11-18-34-14-5-7-20-39(34)41)43-22-9-8-21-42(43)50(44)40-23-10-17-33-13-4-6-19-38(33)40/h1-32H. The van der Waals surface area contributed by atoms with Crippen LogP contribution in [0.15, 0.2) is 194 Å². The fourth-order valence-electron chi connectivity index (χ4n) is 9.10. The summed E-state index contributed by atoms with van der Waals surface area (Å²) in [5.41, 5.74) is 11.1. The topological polar surface area (TPSA) is 27.1 Å². The van der Waals surface area contributed by atoms with E-state index in [-0.39, 0.29) is 0 Å². The van der Waals surface area contributed by atoms with Crippen molar-refractivity contribution >= 4 is 54.1 Å². The number of hydrogen-bond donors (Lipinski definition) is 0. The van der Waals surface area contributed by atoms with E-state index in [1.165, 1.54) is 65.3 Å². The van der Waals surface area contributed by atoms with Gasteiger partial charge >= 0.3 is 0 Å². The fourth-order valence-corrected chi connectivity index (χ4v) is 9.10. The number of aromatic nitrogens is 2. The molecule has 1 aromatic heterocycles. The minimum Gasteiger partial charge on any atom is -0.453 e. The molecule has 11 aromatic rings. The molecule has 260 valence electrons. The van der Waals surface area contributed by atoms with Gasteiger partial charge in [-0.3, -0.25) is 4.57 Å². The summed E-state index contributed by atoms with van der Waals surface area (Å²) < 4.78 is 8.96. The summed E-state index contributed by atoms with van der Waals surface area (Å²) >= 11 is 0. The van der Waals surface area contributed by atoms with Crippen LogP contribution in [0.1, 0.15) is 0 Å². The van der Waals surface area contributed by atoms with E-state index in [1.807, 2.05) is 18.2 Å². The quantitative estimate of drug-likeness (QED) is 0.170. The van der Waals surface area contributed by atoms with Crippen LogP contribution in [0.5, 0.6) is 11.5 Å². The van der Waals surface area contributed by atoms with Crippen LogP contribution in [0, 0.1) is 0 Å². The van der Waals surface area contributed by atoms with Crippen LogP contribution in [0.3, 0.4) is 0 Å². The van der Waals surface area contributed by atoms with Crippen molar-refractivity contribution in [2.24, 2.45) is 0 Å². The number of para-hydroxylation sites is 1. The Morgan fingerprint density at radius 2 is 0.929 bits per heavy atom. The molecule has 0 saturated heterocycles. The minimum absolute atomic E-state index is 0.807. The second-order valence-corrected chi connectivity index (χ2v) is 14.7. The molecule has 0 saturated carbocycles. The molecule has 56 heavy (non-hydrogen) atoms. The van der Waals surface area contributed by atoms with E-state index in [0.29, 0.717) is 0 Å². The number of nitrogens with zero attached hydrogens (tertiary/aromatic N) is 2. The Balaban J connectivity index is 1.13. The SMILES string of the molecule is c1ccc(-c2nc3cccc4c3n2-c2ccc(-c3ccc5c(-c6cccc7ccccc67)c6ccccc6c(-c6cccc7ccccc67)c5c3)cc2O4)cc1. The predicted molar refractivity (Wildman–Crippen MR) is 233 cm³/mol. The Hall–Kier alpha value is -7.49. The predicted octanol–water partition coefficient (Wildman–Crippen LogP) is 14.4. The van der Waals surface area contributed by atoms with Crippen molar-refractivity contribution in [3.8, 4) is 62.0 Å². The highest BCUT2D eigenvalue weighted by atomic mass is 16.5. The lowest BCUT2D eigenvalue weighted by molar-refractivity contribution is 0.476. The second-order valence-electron chi connectivity index (χ2n) is 14.7. The molecule has 0 aliphatic carbocycles. The lowest BCUT2D eigenvalue weighted by Crippen LogP contribution is -2.06. The first-order valence-corrected chi connectivity index (χ1v) is 19.1. The maximum atomic E-state index is 6.70. The Kier molecular flexibility index (Phi) is 6.63. The smallest absolute Gasteiger partial charge is 0.153 e. The molecule has 0 radical (unpaired) electrons. The molecular formula is C53H32N2O. The molecule has 0 unspecified atom stereocenters. The third-order valence-corrected chi connectivity index (χ3v) is 11.6. The van der Waals surface area contributed by atoms with Gasteiger partial charge in [-0.05, 0) is 107 Å².